The van der Waals surface area contributed by atoms with Gasteiger partial charge in [-0.1, -0.05) is 24.3 Å². The van der Waals surface area contributed by atoms with Crippen LogP contribution in [0.25, 0.3) is 22.0 Å². The summed E-state index contributed by atoms with van der Waals surface area (Å²) in [6.45, 7) is 0.591. The van der Waals surface area contributed by atoms with Crippen molar-refractivity contribution in [3.05, 3.63) is 65.9 Å². The maximum atomic E-state index is 13.8. The molecule has 0 bridgehead atoms. The number of hydrogen-bond donors (Lipinski definition) is 1. The molecule has 3 rings (SSSR count). The first kappa shape index (κ1) is 13.6. The lowest BCUT2D eigenvalue weighted by Crippen LogP contribution is -2.02. The van der Waals surface area contributed by atoms with E-state index in [1.54, 1.807) is 6.07 Å². The third kappa shape index (κ3) is 2.62. The summed E-state index contributed by atoms with van der Waals surface area (Å²) >= 11 is 0. The summed E-state index contributed by atoms with van der Waals surface area (Å²) < 4.78 is 27.3. The number of nitrogens with two attached hydrogens (primary N) is 1. The minimum atomic E-state index is -0.647. The fourth-order valence-electron chi connectivity index (χ4n) is 2.45. The zero-order valence-corrected chi connectivity index (χ0v) is 11.3. The van der Waals surface area contributed by atoms with Crippen LogP contribution in [0.2, 0.25) is 0 Å². The molecule has 0 aliphatic rings. The molecule has 21 heavy (non-hydrogen) atoms. The molecule has 106 valence electrons. The molecule has 0 fully saturated rings. The molecule has 4 heteroatoms. The van der Waals surface area contributed by atoms with Crippen molar-refractivity contribution in [2.24, 2.45) is 5.73 Å². The van der Waals surface area contributed by atoms with E-state index in [2.05, 4.69) is 4.98 Å². The molecule has 3 aromatic rings. The smallest absolute Gasteiger partial charge is 0.152 e. The minimum absolute atomic E-state index is 0.180. The lowest BCUT2D eigenvalue weighted by Gasteiger charge is -2.08. The second-order valence-electron chi connectivity index (χ2n) is 4.88. The van der Waals surface area contributed by atoms with E-state index < -0.39 is 11.6 Å². The van der Waals surface area contributed by atoms with E-state index in [-0.39, 0.29) is 5.52 Å². The van der Waals surface area contributed by atoms with Gasteiger partial charge in [0.15, 0.2) is 5.82 Å². The van der Waals surface area contributed by atoms with Crippen molar-refractivity contribution in [2.45, 2.75) is 6.42 Å². The third-order valence-corrected chi connectivity index (χ3v) is 3.46. The van der Waals surface area contributed by atoms with Crippen molar-refractivity contribution in [3.8, 4) is 11.1 Å². The predicted molar refractivity (Wildman–Crippen MR) is 79.9 cm³/mol. The Balaban J connectivity index is 2.15. The number of rotatable bonds is 3. The van der Waals surface area contributed by atoms with Crippen molar-refractivity contribution in [2.75, 3.05) is 6.54 Å². The Bertz CT molecular complexity index is 783. The number of fused-ring (bicyclic) bond motifs is 1. The van der Waals surface area contributed by atoms with E-state index >= 15 is 0 Å². The lowest BCUT2D eigenvalue weighted by molar-refractivity contribution is 0.590. The van der Waals surface area contributed by atoms with E-state index in [9.17, 15) is 8.78 Å². The summed E-state index contributed by atoms with van der Waals surface area (Å²) in [5.74, 6) is -1.25. The van der Waals surface area contributed by atoms with Crippen molar-refractivity contribution in [3.63, 3.8) is 0 Å². The predicted octanol–water partition coefficient (Wildman–Crippen LogP) is 3.68. The van der Waals surface area contributed by atoms with Crippen LogP contribution in [0.4, 0.5) is 8.78 Å². The number of nitrogens with zero attached hydrogens (tertiary/aromatic N) is 1. The van der Waals surface area contributed by atoms with E-state index in [0.717, 1.165) is 29.2 Å². The maximum absolute atomic E-state index is 13.8. The standard InChI is InChI=1S/C17H14F2N2/c18-13-9-15-14(6-8-21-17(15)16(19)10-13)12-3-1-11(2-4-12)5-7-20/h1-4,6,8-10H,5,7,20H2. The van der Waals surface area contributed by atoms with Gasteiger partial charge in [0.2, 0.25) is 0 Å². The van der Waals surface area contributed by atoms with Crippen LogP contribution < -0.4 is 5.73 Å². The van der Waals surface area contributed by atoms with Crippen LogP contribution in [0, 0.1) is 11.6 Å². The number of pyridine rings is 1. The molecule has 0 aliphatic carbocycles. The first-order valence-electron chi connectivity index (χ1n) is 6.72. The van der Waals surface area contributed by atoms with Crippen molar-refractivity contribution >= 4 is 10.9 Å². The fourth-order valence-corrected chi connectivity index (χ4v) is 2.45. The van der Waals surface area contributed by atoms with Gasteiger partial charge in [0.25, 0.3) is 0 Å². The Morgan fingerprint density at radius 1 is 1.00 bits per heavy atom. The number of hydrogen-bond acceptors (Lipinski definition) is 2. The Morgan fingerprint density at radius 2 is 1.76 bits per heavy atom. The Hall–Kier alpha value is -2.33. The molecule has 0 amide bonds. The number of benzene rings is 2. The molecule has 0 saturated heterocycles. The Kier molecular flexibility index (Phi) is 3.62. The van der Waals surface area contributed by atoms with Gasteiger partial charge in [-0.05, 0) is 41.8 Å². The summed E-state index contributed by atoms with van der Waals surface area (Å²) in [5.41, 5.74) is 8.50. The fraction of sp³-hybridized carbons (Fsp3) is 0.118. The first-order chi connectivity index (χ1) is 10.2. The molecule has 1 heterocycles. The zero-order chi connectivity index (χ0) is 14.8. The largest absolute Gasteiger partial charge is 0.330 e. The Labute approximate surface area is 121 Å². The van der Waals surface area contributed by atoms with Crippen molar-refractivity contribution in [1.82, 2.24) is 4.98 Å². The monoisotopic (exact) mass is 284 g/mol. The van der Waals surface area contributed by atoms with Gasteiger partial charge in [0.1, 0.15) is 11.3 Å². The molecule has 2 aromatic carbocycles. The summed E-state index contributed by atoms with van der Waals surface area (Å²) in [4.78, 5) is 4.00. The highest BCUT2D eigenvalue weighted by molar-refractivity contribution is 5.94. The van der Waals surface area contributed by atoms with E-state index in [0.29, 0.717) is 11.9 Å². The molecule has 0 spiro atoms. The van der Waals surface area contributed by atoms with Gasteiger partial charge in [-0.25, -0.2) is 8.78 Å². The van der Waals surface area contributed by atoms with Gasteiger partial charge in [-0.2, -0.15) is 0 Å². The average molecular weight is 284 g/mol. The summed E-state index contributed by atoms with van der Waals surface area (Å²) in [6.07, 6.45) is 2.34. The highest BCUT2D eigenvalue weighted by Gasteiger charge is 2.10. The zero-order valence-electron chi connectivity index (χ0n) is 11.3. The van der Waals surface area contributed by atoms with E-state index in [1.165, 1.54) is 12.3 Å². The first-order valence-corrected chi connectivity index (χ1v) is 6.72. The topological polar surface area (TPSA) is 38.9 Å². The number of aromatic nitrogens is 1. The van der Waals surface area contributed by atoms with Crippen molar-refractivity contribution in [1.29, 1.82) is 0 Å². The molecule has 2 N–H and O–H groups in total. The highest BCUT2D eigenvalue weighted by atomic mass is 19.1. The van der Waals surface area contributed by atoms with Crippen LogP contribution in [0.3, 0.4) is 0 Å². The summed E-state index contributed by atoms with van der Waals surface area (Å²) in [5, 5.41) is 0.474. The second kappa shape index (κ2) is 5.58. The van der Waals surface area contributed by atoms with Gasteiger partial charge in [0, 0.05) is 17.6 Å². The van der Waals surface area contributed by atoms with Crippen LogP contribution in [0.1, 0.15) is 5.56 Å². The Morgan fingerprint density at radius 3 is 2.48 bits per heavy atom. The third-order valence-electron chi connectivity index (χ3n) is 3.46. The quantitative estimate of drug-likeness (QED) is 0.796. The van der Waals surface area contributed by atoms with Crippen LogP contribution in [-0.2, 0) is 6.42 Å². The van der Waals surface area contributed by atoms with Gasteiger partial charge >= 0.3 is 0 Å². The normalized spacial score (nSPS) is 11.0. The van der Waals surface area contributed by atoms with Gasteiger partial charge < -0.3 is 5.73 Å². The lowest BCUT2D eigenvalue weighted by atomic mass is 9.99. The SMILES string of the molecule is NCCc1ccc(-c2ccnc3c(F)cc(F)cc23)cc1. The molecule has 0 aliphatic heterocycles. The molecule has 0 radical (unpaired) electrons. The van der Waals surface area contributed by atoms with E-state index in [1.807, 2.05) is 24.3 Å². The maximum Gasteiger partial charge on any atom is 0.152 e. The van der Waals surface area contributed by atoms with Crippen LogP contribution in [0.5, 0.6) is 0 Å². The molecular formula is C17H14F2N2. The van der Waals surface area contributed by atoms with Gasteiger partial charge in [-0.15, -0.1) is 0 Å². The van der Waals surface area contributed by atoms with E-state index in [4.69, 9.17) is 5.73 Å². The van der Waals surface area contributed by atoms with Crippen molar-refractivity contribution < 1.29 is 8.78 Å². The second-order valence-corrected chi connectivity index (χ2v) is 4.88. The molecule has 0 unspecified atom stereocenters. The van der Waals surface area contributed by atoms with Gasteiger partial charge in [-0.3, -0.25) is 4.98 Å². The molecular weight excluding hydrogens is 270 g/mol. The summed E-state index contributed by atoms with van der Waals surface area (Å²) in [6, 6.07) is 11.7. The summed E-state index contributed by atoms with van der Waals surface area (Å²) in [7, 11) is 0. The van der Waals surface area contributed by atoms with Crippen LogP contribution in [-0.4, -0.2) is 11.5 Å². The average Bonchev–Trinajstić information content (AvgIpc) is 2.48. The van der Waals surface area contributed by atoms with Crippen LogP contribution in [0.15, 0.2) is 48.7 Å². The highest BCUT2D eigenvalue weighted by Crippen LogP contribution is 2.29. The minimum Gasteiger partial charge on any atom is -0.330 e. The molecule has 0 atom stereocenters. The molecule has 0 saturated carbocycles. The molecule has 2 nitrogen and oxygen atoms in total. The van der Waals surface area contributed by atoms with Gasteiger partial charge in [0.05, 0.1) is 0 Å². The molecule has 1 aromatic heterocycles. The number of halogens is 2. The van der Waals surface area contributed by atoms with Crippen LogP contribution >= 0.6 is 0 Å².